The van der Waals surface area contributed by atoms with Crippen LogP contribution in [0.1, 0.15) is 5.82 Å². The summed E-state index contributed by atoms with van der Waals surface area (Å²) in [7, 11) is 1.95. The molecule has 0 saturated heterocycles. The predicted octanol–water partition coefficient (Wildman–Crippen LogP) is 1.76. The number of aryl methyl sites for hydroxylation is 1. The Hall–Kier alpha value is -1.75. The van der Waals surface area contributed by atoms with Crippen molar-refractivity contribution in [2.24, 2.45) is 7.05 Å². The summed E-state index contributed by atoms with van der Waals surface area (Å²) in [6.45, 7) is 3.48. The van der Waals surface area contributed by atoms with Crippen molar-refractivity contribution in [1.82, 2.24) is 9.55 Å². The molecule has 0 aliphatic carbocycles. The first-order valence-electron chi connectivity index (χ1n) is 4.02. The topological polar surface area (TPSA) is 17.8 Å². The Labute approximate surface area is 77.2 Å². The first-order valence-corrected chi connectivity index (χ1v) is 4.02. The lowest BCUT2D eigenvalue weighted by Gasteiger charge is -1.93. The molecule has 13 heavy (non-hydrogen) atoms. The van der Waals surface area contributed by atoms with Gasteiger partial charge < -0.3 is 4.57 Å². The van der Waals surface area contributed by atoms with Gasteiger partial charge in [0.15, 0.2) is 5.82 Å². The van der Waals surface area contributed by atoms with Crippen molar-refractivity contribution in [3.05, 3.63) is 37.0 Å². The second kappa shape index (κ2) is 2.95. The first-order chi connectivity index (χ1) is 6.33. The normalized spacial score (nSPS) is 9.69. The quantitative estimate of drug-likeness (QED) is 0.549. The number of aromatic nitrogens is 2. The molecular weight excluding hydrogens is 160 g/mol. The maximum Gasteiger partial charge on any atom is 0.186 e. The van der Waals surface area contributed by atoms with Crippen molar-refractivity contribution < 1.29 is 0 Å². The molecule has 2 heteroatoms. The summed E-state index contributed by atoms with van der Waals surface area (Å²) in [6.07, 6.45) is 0. The molecule has 1 aromatic heterocycles. The molecule has 0 unspecified atom stereocenters. The second-order valence-corrected chi connectivity index (χ2v) is 2.78. The Morgan fingerprint density at radius 2 is 2.15 bits per heavy atom. The van der Waals surface area contributed by atoms with Crippen LogP contribution in [-0.2, 0) is 7.05 Å². The van der Waals surface area contributed by atoms with E-state index in [0.717, 1.165) is 16.9 Å². The highest BCUT2D eigenvalue weighted by Crippen LogP contribution is 2.12. The molecule has 1 aromatic carbocycles. The van der Waals surface area contributed by atoms with Crippen molar-refractivity contribution in [3.63, 3.8) is 0 Å². The number of fused-ring (bicyclic) bond motifs is 1. The Bertz CT molecular complexity index is 498. The van der Waals surface area contributed by atoms with Gasteiger partial charge in [-0.25, -0.2) is 4.98 Å². The van der Waals surface area contributed by atoms with Gasteiger partial charge in [0.2, 0.25) is 0 Å². The average molecular weight is 169 g/mol. The van der Waals surface area contributed by atoms with E-state index >= 15 is 0 Å². The maximum absolute atomic E-state index is 4.35. The third kappa shape index (κ3) is 1.19. The van der Waals surface area contributed by atoms with Gasteiger partial charge in [-0.15, -0.1) is 0 Å². The number of hydrogen-bond acceptors (Lipinski definition) is 1. The number of hydrogen-bond donors (Lipinski definition) is 0. The van der Waals surface area contributed by atoms with E-state index < -0.39 is 0 Å². The zero-order valence-electron chi connectivity index (χ0n) is 7.41. The maximum atomic E-state index is 4.35. The SMILES string of the molecule is [CH2]C#Cc1nc2ccccc2n1C. The summed E-state index contributed by atoms with van der Waals surface area (Å²) in [5, 5.41) is 0. The molecule has 2 aromatic rings. The zero-order valence-corrected chi connectivity index (χ0v) is 7.41. The number of nitrogens with zero attached hydrogens (tertiary/aromatic N) is 2. The van der Waals surface area contributed by atoms with Gasteiger partial charge in [-0.05, 0) is 18.1 Å². The fourth-order valence-electron chi connectivity index (χ4n) is 1.34. The number of imidazole rings is 1. The molecule has 0 saturated carbocycles. The number of rotatable bonds is 0. The van der Waals surface area contributed by atoms with Crippen LogP contribution in [0.15, 0.2) is 24.3 Å². The summed E-state index contributed by atoms with van der Waals surface area (Å²) in [5.41, 5.74) is 2.07. The summed E-state index contributed by atoms with van der Waals surface area (Å²) in [5.74, 6) is 6.22. The molecule has 0 N–H and O–H groups in total. The van der Waals surface area contributed by atoms with Gasteiger partial charge in [0.25, 0.3) is 0 Å². The Morgan fingerprint density at radius 3 is 2.85 bits per heavy atom. The summed E-state index contributed by atoms with van der Waals surface area (Å²) in [6, 6.07) is 7.96. The van der Waals surface area contributed by atoms with Crippen molar-refractivity contribution in [2.45, 2.75) is 0 Å². The van der Waals surface area contributed by atoms with Gasteiger partial charge in [0.1, 0.15) is 0 Å². The van der Waals surface area contributed by atoms with Crippen molar-refractivity contribution in [2.75, 3.05) is 0 Å². The lowest BCUT2D eigenvalue weighted by molar-refractivity contribution is 0.925. The van der Waals surface area contributed by atoms with Crippen LogP contribution >= 0.6 is 0 Å². The van der Waals surface area contributed by atoms with Crippen LogP contribution in [0.2, 0.25) is 0 Å². The summed E-state index contributed by atoms with van der Waals surface area (Å²) < 4.78 is 1.97. The van der Waals surface area contributed by atoms with Gasteiger partial charge in [-0.1, -0.05) is 18.1 Å². The molecule has 1 radical (unpaired) electrons. The minimum absolute atomic E-state index is 0.760. The minimum atomic E-state index is 0.760. The van der Waals surface area contributed by atoms with Crippen LogP contribution in [-0.4, -0.2) is 9.55 Å². The Kier molecular flexibility index (Phi) is 1.79. The van der Waals surface area contributed by atoms with E-state index in [9.17, 15) is 0 Å². The average Bonchev–Trinajstić information content (AvgIpc) is 2.46. The molecule has 0 aliphatic heterocycles. The highest BCUT2D eigenvalue weighted by molar-refractivity contribution is 5.76. The standard InChI is InChI=1S/C11H9N2/c1-3-6-11-12-9-7-4-5-8-10(9)13(11)2/h4-5,7-8H,1H2,2H3. The predicted molar refractivity (Wildman–Crippen MR) is 52.9 cm³/mol. The third-order valence-corrected chi connectivity index (χ3v) is 1.99. The fraction of sp³-hybridized carbons (Fsp3) is 0.0909. The van der Waals surface area contributed by atoms with Crippen LogP contribution in [0.25, 0.3) is 11.0 Å². The van der Waals surface area contributed by atoms with Crippen LogP contribution in [0.3, 0.4) is 0 Å². The van der Waals surface area contributed by atoms with E-state index in [0.29, 0.717) is 0 Å². The smallest absolute Gasteiger partial charge is 0.186 e. The number of benzene rings is 1. The number of para-hydroxylation sites is 2. The van der Waals surface area contributed by atoms with E-state index in [1.807, 2.05) is 35.9 Å². The molecule has 0 aliphatic rings. The molecule has 2 rings (SSSR count). The molecule has 2 nitrogen and oxygen atoms in total. The molecule has 0 atom stereocenters. The Balaban J connectivity index is 2.78. The van der Waals surface area contributed by atoms with Crippen molar-refractivity contribution >= 4 is 11.0 Å². The highest BCUT2D eigenvalue weighted by Gasteiger charge is 2.02. The molecule has 1 heterocycles. The van der Waals surface area contributed by atoms with E-state index in [2.05, 4.69) is 23.7 Å². The van der Waals surface area contributed by atoms with Crippen LogP contribution in [0.4, 0.5) is 0 Å². The molecule has 63 valence electrons. The summed E-state index contributed by atoms with van der Waals surface area (Å²) >= 11 is 0. The van der Waals surface area contributed by atoms with E-state index in [1.165, 1.54) is 0 Å². The molecule has 0 fully saturated rings. The monoisotopic (exact) mass is 169 g/mol. The lowest BCUT2D eigenvalue weighted by atomic mass is 10.3. The van der Waals surface area contributed by atoms with E-state index in [-0.39, 0.29) is 0 Å². The minimum Gasteiger partial charge on any atom is -0.320 e. The largest absolute Gasteiger partial charge is 0.320 e. The molecule has 0 bridgehead atoms. The van der Waals surface area contributed by atoms with Crippen molar-refractivity contribution in [1.29, 1.82) is 0 Å². The van der Waals surface area contributed by atoms with E-state index in [1.54, 1.807) is 0 Å². The second-order valence-electron chi connectivity index (χ2n) is 2.78. The van der Waals surface area contributed by atoms with Gasteiger partial charge in [-0.3, -0.25) is 0 Å². The lowest BCUT2D eigenvalue weighted by Crippen LogP contribution is -1.91. The third-order valence-electron chi connectivity index (χ3n) is 1.99. The summed E-state index contributed by atoms with van der Waals surface area (Å²) in [4.78, 5) is 4.35. The van der Waals surface area contributed by atoms with Crippen LogP contribution < -0.4 is 0 Å². The van der Waals surface area contributed by atoms with Gasteiger partial charge in [-0.2, -0.15) is 0 Å². The van der Waals surface area contributed by atoms with Gasteiger partial charge in [0.05, 0.1) is 11.0 Å². The highest BCUT2D eigenvalue weighted by atomic mass is 15.0. The van der Waals surface area contributed by atoms with Crippen LogP contribution in [0.5, 0.6) is 0 Å². The van der Waals surface area contributed by atoms with Crippen LogP contribution in [0, 0.1) is 18.8 Å². The molecule has 0 spiro atoms. The zero-order chi connectivity index (χ0) is 9.26. The Morgan fingerprint density at radius 1 is 1.38 bits per heavy atom. The van der Waals surface area contributed by atoms with Crippen molar-refractivity contribution in [3.8, 4) is 11.8 Å². The first kappa shape index (κ1) is 7.88. The van der Waals surface area contributed by atoms with Gasteiger partial charge in [0, 0.05) is 14.0 Å². The van der Waals surface area contributed by atoms with Gasteiger partial charge >= 0.3 is 0 Å². The fourth-order valence-corrected chi connectivity index (χ4v) is 1.34. The molecule has 0 amide bonds. The van der Waals surface area contributed by atoms with E-state index in [4.69, 9.17) is 0 Å². The molecular formula is C11H9N2.